The number of amides is 2. The first kappa shape index (κ1) is 17.7. The topological polar surface area (TPSA) is 82.0 Å². The van der Waals surface area contributed by atoms with Gasteiger partial charge in [-0.05, 0) is 23.5 Å². The van der Waals surface area contributed by atoms with Crippen LogP contribution in [0.2, 0.25) is 0 Å². The monoisotopic (exact) mass is 301 g/mol. The van der Waals surface area contributed by atoms with Crippen LogP contribution in [0, 0.1) is 11.3 Å². The fourth-order valence-electron chi connectivity index (χ4n) is 2.00. The number of carbonyl (C=O) groups excluding carboxylic acids is 2. The summed E-state index contributed by atoms with van der Waals surface area (Å²) in [6, 6.07) is 8.27. The van der Waals surface area contributed by atoms with Crippen LogP contribution in [0.5, 0.6) is 0 Å². The Morgan fingerprint density at radius 1 is 1.14 bits per heavy atom. The van der Waals surface area contributed by atoms with Crippen LogP contribution in [0.1, 0.15) is 51.8 Å². The van der Waals surface area contributed by atoms with Gasteiger partial charge in [-0.1, -0.05) is 45.0 Å². The Kier molecular flexibility index (Phi) is 5.69. The fraction of sp³-hybridized carbons (Fsp3) is 0.471. The summed E-state index contributed by atoms with van der Waals surface area (Å²) >= 11 is 0. The number of hydrogen-bond acceptors (Lipinski definition) is 3. The van der Waals surface area contributed by atoms with Gasteiger partial charge in [-0.2, -0.15) is 5.26 Å². The number of nitrogens with zero attached hydrogens (tertiary/aromatic N) is 1. The van der Waals surface area contributed by atoms with E-state index in [4.69, 9.17) is 0 Å². The van der Waals surface area contributed by atoms with E-state index in [2.05, 4.69) is 37.5 Å². The van der Waals surface area contributed by atoms with Crippen LogP contribution in [0.25, 0.3) is 0 Å². The van der Waals surface area contributed by atoms with Crippen LogP contribution >= 0.6 is 0 Å². The van der Waals surface area contributed by atoms with Crippen LogP contribution in [0.4, 0.5) is 0 Å². The molecule has 1 aromatic rings. The van der Waals surface area contributed by atoms with Crippen molar-refractivity contribution in [1.29, 1.82) is 5.26 Å². The van der Waals surface area contributed by atoms with E-state index in [9.17, 15) is 14.9 Å². The predicted molar refractivity (Wildman–Crippen MR) is 84.9 cm³/mol. The van der Waals surface area contributed by atoms with Gasteiger partial charge in [0.25, 0.3) is 0 Å². The van der Waals surface area contributed by atoms with E-state index in [1.807, 2.05) is 24.3 Å². The molecule has 0 aliphatic carbocycles. The van der Waals surface area contributed by atoms with E-state index in [0.717, 1.165) is 11.1 Å². The Bertz CT molecular complexity index is 579. The van der Waals surface area contributed by atoms with Crippen molar-refractivity contribution in [2.45, 2.75) is 52.1 Å². The summed E-state index contributed by atoms with van der Waals surface area (Å²) in [6.45, 7) is 9.26. The second kappa shape index (κ2) is 7.08. The highest BCUT2D eigenvalue weighted by Gasteiger charge is 2.20. The molecule has 0 aromatic heterocycles. The number of benzene rings is 1. The van der Waals surface area contributed by atoms with E-state index in [1.54, 1.807) is 6.92 Å². The normalized spacial score (nSPS) is 13.6. The summed E-state index contributed by atoms with van der Waals surface area (Å²) < 4.78 is 0. The van der Waals surface area contributed by atoms with Crippen LogP contribution < -0.4 is 10.6 Å². The van der Waals surface area contributed by atoms with Crippen molar-refractivity contribution in [1.82, 2.24) is 10.6 Å². The number of hydrogen-bond donors (Lipinski definition) is 2. The molecule has 22 heavy (non-hydrogen) atoms. The van der Waals surface area contributed by atoms with Crippen molar-refractivity contribution in [3.63, 3.8) is 0 Å². The average molecular weight is 301 g/mol. The van der Waals surface area contributed by atoms with Crippen molar-refractivity contribution < 1.29 is 9.59 Å². The van der Waals surface area contributed by atoms with Gasteiger partial charge < -0.3 is 10.6 Å². The first-order valence-corrected chi connectivity index (χ1v) is 7.22. The number of nitrogens with one attached hydrogen (secondary N) is 2. The van der Waals surface area contributed by atoms with Crippen LogP contribution in [-0.4, -0.2) is 17.9 Å². The molecule has 2 amide bonds. The third kappa shape index (κ3) is 4.88. The summed E-state index contributed by atoms with van der Waals surface area (Å²) in [5, 5.41) is 14.4. The van der Waals surface area contributed by atoms with Crippen molar-refractivity contribution >= 4 is 11.8 Å². The maximum Gasteiger partial charge on any atom is 0.243 e. The molecule has 2 atom stereocenters. The lowest BCUT2D eigenvalue weighted by molar-refractivity contribution is -0.127. The SMILES string of the molecule is CC(=O)N[C@@H](C)C(=O)N[C@H](C#N)c1ccc(C(C)(C)C)cc1. The van der Waals surface area contributed by atoms with Gasteiger partial charge in [-0.25, -0.2) is 0 Å². The molecule has 2 N–H and O–H groups in total. The highest BCUT2D eigenvalue weighted by molar-refractivity contribution is 5.86. The Balaban J connectivity index is 2.83. The zero-order valence-corrected chi connectivity index (χ0v) is 13.7. The van der Waals surface area contributed by atoms with Crippen LogP contribution in [0.15, 0.2) is 24.3 Å². The number of nitriles is 1. The first-order valence-electron chi connectivity index (χ1n) is 7.22. The first-order chi connectivity index (χ1) is 10.1. The van der Waals surface area contributed by atoms with E-state index < -0.39 is 12.1 Å². The van der Waals surface area contributed by atoms with Crippen molar-refractivity contribution in [2.24, 2.45) is 0 Å². The van der Waals surface area contributed by atoms with Crippen molar-refractivity contribution in [3.8, 4) is 6.07 Å². The minimum Gasteiger partial charge on any atom is -0.345 e. The molecule has 0 unspecified atom stereocenters. The van der Waals surface area contributed by atoms with Gasteiger partial charge in [0.15, 0.2) is 0 Å². The van der Waals surface area contributed by atoms with Gasteiger partial charge in [0.1, 0.15) is 12.1 Å². The minimum atomic E-state index is -0.738. The summed E-state index contributed by atoms with van der Waals surface area (Å²) in [4.78, 5) is 22.9. The van der Waals surface area contributed by atoms with E-state index in [1.165, 1.54) is 6.92 Å². The summed E-state index contributed by atoms with van der Waals surface area (Å²) in [7, 11) is 0. The minimum absolute atomic E-state index is 0.0316. The molecule has 0 aliphatic rings. The lowest BCUT2D eigenvalue weighted by Crippen LogP contribution is -2.45. The smallest absolute Gasteiger partial charge is 0.243 e. The zero-order chi connectivity index (χ0) is 16.9. The van der Waals surface area contributed by atoms with E-state index >= 15 is 0 Å². The van der Waals surface area contributed by atoms with E-state index in [0.29, 0.717) is 0 Å². The molecule has 0 aliphatic heterocycles. The molecule has 5 nitrogen and oxygen atoms in total. The highest BCUT2D eigenvalue weighted by atomic mass is 16.2. The van der Waals surface area contributed by atoms with Gasteiger partial charge in [0.2, 0.25) is 11.8 Å². The van der Waals surface area contributed by atoms with Gasteiger partial charge >= 0.3 is 0 Å². The molecule has 0 saturated heterocycles. The van der Waals surface area contributed by atoms with Crippen LogP contribution in [0.3, 0.4) is 0 Å². The molecule has 0 fully saturated rings. The fourth-order valence-corrected chi connectivity index (χ4v) is 2.00. The lowest BCUT2D eigenvalue weighted by Gasteiger charge is -2.20. The lowest BCUT2D eigenvalue weighted by atomic mass is 9.86. The molecule has 118 valence electrons. The second-order valence-electron chi connectivity index (χ2n) is 6.36. The van der Waals surface area contributed by atoms with Gasteiger partial charge in [0, 0.05) is 6.92 Å². The molecule has 0 bridgehead atoms. The molecule has 1 rings (SSSR count). The van der Waals surface area contributed by atoms with Crippen molar-refractivity contribution in [2.75, 3.05) is 0 Å². The molecule has 1 aromatic carbocycles. The third-order valence-corrected chi connectivity index (χ3v) is 3.34. The summed E-state index contributed by atoms with van der Waals surface area (Å²) in [5.41, 5.74) is 1.91. The molecule has 0 spiro atoms. The highest BCUT2D eigenvalue weighted by Crippen LogP contribution is 2.23. The average Bonchev–Trinajstić information content (AvgIpc) is 2.43. The van der Waals surface area contributed by atoms with Gasteiger partial charge in [-0.15, -0.1) is 0 Å². The standard InChI is InChI=1S/C17H23N3O2/c1-11(19-12(2)21)16(22)20-15(10-18)13-6-8-14(9-7-13)17(3,4)5/h6-9,11,15H,1-5H3,(H,19,21)(H,20,22)/t11-,15+/m0/s1. The van der Waals surface area contributed by atoms with E-state index in [-0.39, 0.29) is 17.2 Å². The Labute approximate surface area is 131 Å². The third-order valence-electron chi connectivity index (χ3n) is 3.34. The molecule has 0 radical (unpaired) electrons. The molecule has 0 heterocycles. The number of carbonyl (C=O) groups is 2. The second-order valence-corrected chi connectivity index (χ2v) is 6.36. The van der Waals surface area contributed by atoms with Crippen LogP contribution in [-0.2, 0) is 15.0 Å². The Hall–Kier alpha value is -2.35. The predicted octanol–water partition coefficient (Wildman–Crippen LogP) is 2.19. The molecular formula is C17H23N3O2. The largest absolute Gasteiger partial charge is 0.345 e. The van der Waals surface area contributed by atoms with Gasteiger partial charge in [0.05, 0.1) is 6.07 Å². The quantitative estimate of drug-likeness (QED) is 0.894. The van der Waals surface area contributed by atoms with Crippen molar-refractivity contribution in [3.05, 3.63) is 35.4 Å². The summed E-state index contributed by atoms with van der Waals surface area (Å²) in [5.74, 6) is -0.674. The van der Waals surface area contributed by atoms with Gasteiger partial charge in [-0.3, -0.25) is 9.59 Å². The molecule has 0 saturated carbocycles. The Morgan fingerprint density at radius 3 is 2.09 bits per heavy atom. The Morgan fingerprint density at radius 2 is 1.68 bits per heavy atom. The maximum absolute atomic E-state index is 12.0. The molecule has 5 heteroatoms. The zero-order valence-electron chi connectivity index (χ0n) is 13.7. The number of rotatable bonds is 4. The molecular weight excluding hydrogens is 278 g/mol. The summed E-state index contributed by atoms with van der Waals surface area (Å²) in [6.07, 6.45) is 0. The maximum atomic E-state index is 12.0.